The standard InChI is InChI=1S/C11H18Cl2N4OS/c1-8-9(12)10(13)17(16-8)6-3-4-14-11(19)15-5-7-18-2/h3-7H2,1-2H3,(H2,14,15,19). The van der Waals surface area contributed by atoms with Gasteiger partial charge in [0, 0.05) is 26.7 Å². The van der Waals surface area contributed by atoms with Crippen LogP contribution in [0.1, 0.15) is 12.1 Å². The van der Waals surface area contributed by atoms with E-state index in [0.29, 0.717) is 35.0 Å². The number of halogens is 2. The minimum Gasteiger partial charge on any atom is -0.383 e. The molecule has 0 saturated carbocycles. The Labute approximate surface area is 128 Å². The molecular weight excluding hydrogens is 307 g/mol. The van der Waals surface area contributed by atoms with Crippen LogP contribution in [0.25, 0.3) is 0 Å². The first kappa shape index (κ1) is 16.5. The van der Waals surface area contributed by atoms with Gasteiger partial charge in [-0.3, -0.25) is 4.68 Å². The lowest BCUT2D eigenvalue weighted by atomic mass is 10.4. The molecular formula is C11H18Cl2N4OS. The molecule has 1 aromatic rings. The zero-order chi connectivity index (χ0) is 14.3. The number of ether oxygens (including phenoxy) is 1. The van der Waals surface area contributed by atoms with Gasteiger partial charge in [0.1, 0.15) is 10.2 Å². The molecule has 108 valence electrons. The van der Waals surface area contributed by atoms with Gasteiger partial charge in [-0.05, 0) is 25.6 Å². The van der Waals surface area contributed by atoms with Crippen molar-refractivity contribution >= 4 is 40.5 Å². The number of rotatable bonds is 7. The predicted molar refractivity (Wildman–Crippen MR) is 82.1 cm³/mol. The molecule has 0 fully saturated rings. The van der Waals surface area contributed by atoms with E-state index in [9.17, 15) is 0 Å². The van der Waals surface area contributed by atoms with Gasteiger partial charge in [-0.2, -0.15) is 5.10 Å². The summed E-state index contributed by atoms with van der Waals surface area (Å²) in [5.41, 5.74) is 0.747. The normalized spacial score (nSPS) is 10.5. The van der Waals surface area contributed by atoms with Crippen molar-refractivity contribution in [1.82, 2.24) is 20.4 Å². The van der Waals surface area contributed by atoms with E-state index in [1.807, 2.05) is 6.92 Å². The summed E-state index contributed by atoms with van der Waals surface area (Å²) in [7, 11) is 1.65. The highest BCUT2D eigenvalue weighted by molar-refractivity contribution is 7.80. The van der Waals surface area contributed by atoms with Gasteiger partial charge in [0.05, 0.1) is 12.3 Å². The summed E-state index contributed by atoms with van der Waals surface area (Å²) in [5.74, 6) is 0. The SMILES string of the molecule is COCCNC(=S)NCCCn1nc(C)c(Cl)c1Cl. The van der Waals surface area contributed by atoms with Gasteiger partial charge in [-0.15, -0.1) is 0 Å². The zero-order valence-electron chi connectivity index (χ0n) is 11.0. The lowest BCUT2D eigenvalue weighted by molar-refractivity contribution is 0.204. The number of aryl methyl sites for hydroxylation is 2. The molecule has 0 saturated heterocycles. The van der Waals surface area contributed by atoms with Crippen LogP contribution in [0.2, 0.25) is 10.2 Å². The van der Waals surface area contributed by atoms with E-state index >= 15 is 0 Å². The lowest BCUT2D eigenvalue weighted by Crippen LogP contribution is -2.37. The second-order valence-electron chi connectivity index (χ2n) is 3.94. The summed E-state index contributed by atoms with van der Waals surface area (Å²) in [4.78, 5) is 0. The first-order valence-electron chi connectivity index (χ1n) is 5.95. The fourth-order valence-corrected chi connectivity index (χ4v) is 2.04. The highest BCUT2D eigenvalue weighted by atomic mass is 35.5. The Morgan fingerprint density at radius 2 is 2.05 bits per heavy atom. The molecule has 0 radical (unpaired) electrons. The van der Waals surface area contributed by atoms with Crippen molar-refractivity contribution in [3.05, 3.63) is 15.9 Å². The minimum atomic E-state index is 0.486. The van der Waals surface area contributed by atoms with Crippen LogP contribution in [0, 0.1) is 6.92 Å². The van der Waals surface area contributed by atoms with Gasteiger partial charge in [-0.25, -0.2) is 0 Å². The average molecular weight is 325 g/mol. The second-order valence-corrected chi connectivity index (χ2v) is 5.09. The van der Waals surface area contributed by atoms with Gasteiger partial charge in [0.2, 0.25) is 0 Å². The average Bonchev–Trinajstić information content (AvgIpc) is 2.63. The summed E-state index contributed by atoms with van der Waals surface area (Å²) < 4.78 is 6.61. The molecule has 0 bridgehead atoms. The third-order valence-electron chi connectivity index (χ3n) is 2.42. The molecule has 0 aliphatic carbocycles. The Morgan fingerprint density at radius 1 is 1.37 bits per heavy atom. The number of nitrogens with zero attached hydrogens (tertiary/aromatic N) is 2. The van der Waals surface area contributed by atoms with Crippen LogP contribution in [0.15, 0.2) is 0 Å². The van der Waals surface area contributed by atoms with Crippen molar-refractivity contribution in [2.75, 3.05) is 26.8 Å². The molecule has 0 amide bonds. The third kappa shape index (κ3) is 5.52. The molecule has 0 spiro atoms. The van der Waals surface area contributed by atoms with Crippen LogP contribution in [-0.4, -0.2) is 41.7 Å². The van der Waals surface area contributed by atoms with Crippen LogP contribution in [0.5, 0.6) is 0 Å². The van der Waals surface area contributed by atoms with Crippen molar-refractivity contribution in [3.63, 3.8) is 0 Å². The van der Waals surface area contributed by atoms with Crippen molar-refractivity contribution in [2.45, 2.75) is 19.9 Å². The quantitative estimate of drug-likeness (QED) is 0.593. The summed E-state index contributed by atoms with van der Waals surface area (Å²) in [6, 6.07) is 0. The predicted octanol–water partition coefficient (Wildman–Crippen LogP) is 2.00. The van der Waals surface area contributed by atoms with Crippen LogP contribution in [-0.2, 0) is 11.3 Å². The van der Waals surface area contributed by atoms with Crippen molar-refractivity contribution in [2.24, 2.45) is 0 Å². The van der Waals surface area contributed by atoms with Crippen molar-refractivity contribution in [3.8, 4) is 0 Å². The largest absolute Gasteiger partial charge is 0.383 e. The molecule has 1 rings (SSSR count). The van der Waals surface area contributed by atoms with Crippen molar-refractivity contribution in [1.29, 1.82) is 0 Å². The number of hydrogen-bond donors (Lipinski definition) is 2. The molecule has 1 aromatic heterocycles. The van der Waals surface area contributed by atoms with E-state index in [1.165, 1.54) is 0 Å². The lowest BCUT2D eigenvalue weighted by Gasteiger charge is -2.10. The van der Waals surface area contributed by atoms with Gasteiger partial charge >= 0.3 is 0 Å². The highest BCUT2D eigenvalue weighted by Gasteiger charge is 2.10. The topological polar surface area (TPSA) is 51.1 Å². The maximum absolute atomic E-state index is 6.04. The van der Waals surface area contributed by atoms with Crippen LogP contribution >= 0.6 is 35.4 Å². The fourth-order valence-electron chi connectivity index (χ4n) is 1.44. The van der Waals surface area contributed by atoms with E-state index < -0.39 is 0 Å². The number of nitrogens with one attached hydrogen (secondary N) is 2. The van der Waals surface area contributed by atoms with Crippen LogP contribution in [0.3, 0.4) is 0 Å². The molecule has 0 aliphatic heterocycles. The summed E-state index contributed by atoms with van der Waals surface area (Å²) in [5, 5.41) is 12.0. The molecule has 5 nitrogen and oxygen atoms in total. The molecule has 0 aliphatic rings. The summed E-state index contributed by atoms with van der Waals surface area (Å²) in [6.45, 7) is 4.59. The maximum atomic E-state index is 6.04. The van der Waals surface area contributed by atoms with E-state index in [0.717, 1.165) is 18.7 Å². The maximum Gasteiger partial charge on any atom is 0.166 e. The molecule has 0 atom stereocenters. The first-order valence-corrected chi connectivity index (χ1v) is 7.11. The van der Waals surface area contributed by atoms with E-state index in [-0.39, 0.29) is 0 Å². The van der Waals surface area contributed by atoms with E-state index in [4.69, 9.17) is 40.2 Å². The molecule has 0 aromatic carbocycles. The molecule has 19 heavy (non-hydrogen) atoms. The third-order valence-corrected chi connectivity index (χ3v) is 3.64. The van der Waals surface area contributed by atoms with Crippen LogP contribution in [0.4, 0.5) is 0 Å². The van der Waals surface area contributed by atoms with Crippen LogP contribution < -0.4 is 10.6 Å². The molecule has 0 unspecified atom stereocenters. The Balaban J connectivity index is 2.20. The van der Waals surface area contributed by atoms with E-state index in [1.54, 1.807) is 11.8 Å². The van der Waals surface area contributed by atoms with Gasteiger partial charge in [0.15, 0.2) is 5.11 Å². The zero-order valence-corrected chi connectivity index (χ0v) is 13.3. The Hall–Kier alpha value is -0.560. The van der Waals surface area contributed by atoms with Gasteiger partial charge < -0.3 is 15.4 Å². The Morgan fingerprint density at radius 3 is 2.63 bits per heavy atom. The smallest absolute Gasteiger partial charge is 0.166 e. The Kier molecular flexibility index (Phi) is 7.45. The first-order chi connectivity index (χ1) is 9.06. The summed E-state index contributed by atoms with van der Waals surface area (Å²) in [6.07, 6.45) is 0.850. The fraction of sp³-hybridized carbons (Fsp3) is 0.636. The number of methoxy groups -OCH3 is 1. The van der Waals surface area contributed by atoms with Crippen molar-refractivity contribution < 1.29 is 4.74 Å². The molecule has 8 heteroatoms. The minimum absolute atomic E-state index is 0.486. The molecule has 1 heterocycles. The number of hydrogen-bond acceptors (Lipinski definition) is 3. The van der Waals surface area contributed by atoms with Gasteiger partial charge in [0.25, 0.3) is 0 Å². The van der Waals surface area contributed by atoms with Gasteiger partial charge in [-0.1, -0.05) is 23.2 Å². The van der Waals surface area contributed by atoms with E-state index in [2.05, 4.69) is 15.7 Å². The second kappa shape index (κ2) is 8.58. The summed E-state index contributed by atoms with van der Waals surface area (Å²) >= 11 is 17.1. The monoisotopic (exact) mass is 324 g/mol. The molecule has 2 N–H and O–H groups in total. The highest BCUT2D eigenvalue weighted by Crippen LogP contribution is 2.24. The Bertz CT molecular complexity index is 425. The number of thiocarbonyl (C=S) groups is 1. The number of aromatic nitrogens is 2.